The lowest BCUT2D eigenvalue weighted by Crippen LogP contribution is -2.30. The summed E-state index contributed by atoms with van der Waals surface area (Å²) in [6.45, 7) is 2.77. The van der Waals surface area contributed by atoms with E-state index < -0.39 is 5.82 Å². The summed E-state index contributed by atoms with van der Waals surface area (Å²) in [6.07, 6.45) is 0. The van der Waals surface area contributed by atoms with Gasteiger partial charge in [-0.25, -0.2) is 8.78 Å². The van der Waals surface area contributed by atoms with Gasteiger partial charge in [0.2, 0.25) is 0 Å². The van der Waals surface area contributed by atoms with Crippen molar-refractivity contribution in [2.24, 2.45) is 0 Å². The number of benzene rings is 3. The molecule has 156 valence electrons. The lowest BCUT2D eigenvalue weighted by atomic mass is 10.1. The molecule has 30 heavy (non-hydrogen) atoms. The molecule has 0 aliphatic rings. The molecule has 0 unspecified atom stereocenters. The number of nitrogens with zero attached hydrogens (tertiary/aromatic N) is 1. The Balaban J connectivity index is 1.75. The van der Waals surface area contributed by atoms with Crippen molar-refractivity contribution in [2.45, 2.75) is 20.1 Å². The molecule has 1 amide bonds. The Bertz CT molecular complexity index is 1010. The summed E-state index contributed by atoms with van der Waals surface area (Å²) >= 11 is 0. The van der Waals surface area contributed by atoms with Crippen LogP contribution < -0.4 is 9.47 Å². The Hall–Kier alpha value is -3.41. The van der Waals surface area contributed by atoms with E-state index in [9.17, 15) is 13.6 Å². The molecule has 0 spiro atoms. The highest BCUT2D eigenvalue weighted by molar-refractivity contribution is 5.96. The average Bonchev–Trinajstić information content (AvgIpc) is 2.77. The van der Waals surface area contributed by atoms with E-state index in [-0.39, 0.29) is 30.6 Å². The van der Waals surface area contributed by atoms with Gasteiger partial charge in [0.1, 0.15) is 18.2 Å². The quantitative estimate of drug-likeness (QED) is 0.511. The first-order valence-corrected chi connectivity index (χ1v) is 9.59. The number of hydrogen-bond donors (Lipinski definition) is 0. The van der Waals surface area contributed by atoms with Gasteiger partial charge in [0.05, 0.1) is 12.7 Å². The Morgan fingerprint density at radius 2 is 1.63 bits per heavy atom. The van der Waals surface area contributed by atoms with Crippen LogP contribution in [0.25, 0.3) is 0 Å². The fraction of sp³-hybridized carbons (Fsp3) is 0.208. The first-order valence-electron chi connectivity index (χ1n) is 9.59. The summed E-state index contributed by atoms with van der Waals surface area (Å²) < 4.78 is 37.9. The Morgan fingerprint density at radius 3 is 2.30 bits per heavy atom. The van der Waals surface area contributed by atoms with Gasteiger partial charge in [0, 0.05) is 13.1 Å². The van der Waals surface area contributed by atoms with Crippen LogP contribution in [0.2, 0.25) is 0 Å². The molecule has 0 saturated carbocycles. The van der Waals surface area contributed by atoms with E-state index in [1.54, 1.807) is 53.4 Å². The zero-order valence-corrected chi connectivity index (χ0v) is 16.9. The molecule has 0 fully saturated rings. The van der Waals surface area contributed by atoms with Crippen molar-refractivity contribution in [2.75, 3.05) is 13.7 Å². The van der Waals surface area contributed by atoms with Gasteiger partial charge in [0.25, 0.3) is 5.91 Å². The minimum atomic E-state index is -0.471. The van der Waals surface area contributed by atoms with Crippen LogP contribution >= 0.6 is 0 Å². The van der Waals surface area contributed by atoms with Crippen LogP contribution in [0.1, 0.15) is 28.4 Å². The first-order chi connectivity index (χ1) is 14.5. The third kappa shape index (κ3) is 5.14. The fourth-order valence-electron chi connectivity index (χ4n) is 3.04. The van der Waals surface area contributed by atoms with Crippen LogP contribution in [0.3, 0.4) is 0 Å². The van der Waals surface area contributed by atoms with Crippen LogP contribution in [-0.2, 0) is 13.2 Å². The third-order valence-electron chi connectivity index (χ3n) is 4.68. The minimum Gasteiger partial charge on any atom is -0.494 e. The molecule has 6 heteroatoms. The van der Waals surface area contributed by atoms with Gasteiger partial charge >= 0.3 is 0 Å². The lowest BCUT2D eigenvalue weighted by Gasteiger charge is -2.22. The minimum absolute atomic E-state index is 0.160. The summed E-state index contributed by atoms with van der Waals surface area (Å²) in [4.78, 5) is 14.8. The highest BCUT2D eigenvalue weighted by Gasteiger charge is 2.19. The number of para-hydroxylation sites is 1. The second-order valence-electron chi connectivity index (χ2n) is 6.70. The van der Waals surface area contributed by atoms with E-state index in [0.29, 0.717) is 23.4 Å². The van der Waals surface area contributed by atoms with Crippen molar-refractivity contribution in [3.8, 4) is 11.5 Å². The van der Waals surface area contributed by atoms with Crippen LogP contribution in [0.4, 0.5) is 8.78 Å². The topological polar surface area (TPSA) is 38.8 Å². The van der Waals surface area contributed by atoms with Gasteiger partial charge in [-0.2, -0.15) is 0 Å². The molecule has 0 N–H and O–H groups in total. The van der Waals surface area contributed by atoms with E-state index in [0.717, 1.165) is 5.56 Å². The van der Waals surface area contributed by atoms with E-state index in [1.807, 2.05) is 6.92 Å². The summed E-state index contributed by atoms with van der Waals surface area (Å²) in [5.41, 5.74) is 1.86. The predicted octanol–water partition coefficient (Wildman–Crippen LogP) is 5.21. The number of carbonyl (C=O) groups excluding carboxylic acids is 1. The van der Waals surface area contributed by atoms with Crippen molar-refractivity contribution in [1.82, 2.24) is 4.90 Å². The van der Waals surface area contributed by atoms with Crippen molar-refractivity contribution in [3.63, 3.8) is 0 Å². The van der Waals surface area contributed by atoms with Gasteiger partial charge < -0.3 is 14.4 Å². The second-order valence-corrected chi connectivity index (χ2v) is 6.70. The molecule has 0 radical (unpaired) electrons. The normalized spacial score (nSPS) is 10.5. The molecule has 0 saturated heterocycles. The van der Waals surface area contributed by atoms with Crippen molar-refractivity contribution in [1.29, 1.82) is 0 Å². The molecular formula is C24H23F2NO3. The van der Waals surface area contributed by atoms with Gasteiger partial charge in [-0.3, -0.25) is 4.79 Å². The lowest BCUT2D eigenvalue weighted by molar-refractivity contribution is 0.0747. The summed E-state index contributed by atoms with van der Waals surface area (Å²) in [5.74, 6) is -0.410. The molecule has 3 aromatic rings. The van der Waals surface area contributed by atoms with E-state index in [2.05, 4.69) is 0 Å². The van der Waals surface area contributed by atoms with E-state index in [4.69, 9.17) is 9.47 Å². The van der Waals surface area contributed by atoms with Crippen molar-refractivity contribution < 1.29 is 23.0 Å². The van der Waals surface area contributed by atoms with Gasteiger partial charge in [-0.15, -0.1) is 0 Å². The maximum Gasteiger partial charge on any atom is 0.257 e. The number of amides is 1. The van der Waals surface area contributed by atoms with Crippen LogP contribution in [0.15, 0.2) is 66.7 Å². The van der Waals surface area contributed by atoms with E-state index in [1.165, 1.54) is 25.3 Å². The second kappa shape index (κ2) is 9.87. The molecule has 0 aromatic heterocycles. The van der Waals surface area contributed by atoms with Gasteiger partial charge in [-0.1, -0.05) is 30.3 Å². The van der Waals surface area contributed by atoms with Crippen LogP contribution in [0.5, 0.6) is 11.5 Å². The van der Waals surface area contributed by atoms with Gasteiger partial charge in [0.15, 0.2) is 11.6 Å². The number of methoxy groups -OCH3 is 1. The summed E-state index contributed by atoms with van der Waals surface area (Å²) in [6, 6.07) is 17.6. The molecular weight excluding hydrogens is 388 g/mol. The molecule has 0 bridgehead atoms. The summed E-state index contributed by atoms with van der Waals surface area (Å²) in [7, 11) is 1.41. The SMILES string of the molecule is CCN(Cc1ccc(OC)c(F)c1)C(=O)c1ccccc1OCc1ccc(F)cc1. The number of hydrogen-bond acceptors (Lipinski definition) is 3. The molecule has 0 atom stereocenters. The Kier molecular flexibility index (Phi) is 7.01. The molecule has 3 aromatic carbocycles. The Labute approximate surface area is 174 Å². The fourth-order valence-corrected chi connectivity index (χ4v) is 3.04. The number of halogens is 2. The van der Waals surface area contributed by atoms with Crippen molar-refractivity contribution >= 4 is 5.91 Å². The van der Waals surface area contributed by atoms with Gasteiger partial charge in [-0.05, 0) is 54.4 Å². The smallest absolute Gasteiger partial charge is 0.257 e. The standard InChI is InChI=1S/C24H23F2NO3/c1-3-27(15-18-10-13-23(29-2)21(26)14-18)24(28)20-6-4-5-7-22(20)30-16-17-8-11-19(25)12-9-17/h4-14H,3,15-16H2,1-2H3. The third-order valence-corrected chi connectivity index (χ3v) is 4.68. The zero-order valence-electron chi connectivity index (χ0n) is 16.9. The maximum absolute atomic E-state index is 14.0. The molecule has 0 aliphatic carbocycles. The highest BCUT2D eigenvalue weighted by Crippen LogP contribution is 2.23. The predicted molar refractivity (Wildman–Crippen MR) is 111 cm³/mol. The van der Waals surface area contributed by atoms with E-state index >= 15 is 0 Å². The first kappa shape index (κ1) is 21.3. The van der Waals surface area contributed by atoms with Crippen LogP contribution in [-0.4, -0.2) is 24.5 Å². The maximum atomic E-state index is 14.0. The summed E-state index contributed by atoms with van der Waals surface area (Å²) in [5, 5.41) is 0. The number of carbonyl (C=O) groups is 1. The molecule has 0 aliphatic heterocycles. The van der Waals surface area contributed by atoms with Crippen molar-refractivity contribution in [3.05, 3.63) is 95.1 Å². The average molecular weight is 411 g/mol. The highest BCUT2D eigenvalue weighted by atomic mass is 19.1. The molecule has 4 nitrogen and oxygen atoms in total. The van der Waals surface area contributed by atoms with Crippen LogP contribution in [0, 0.1) is 11.6 Å². The Morgan fingerprint density at radius 1 is 0.933 bits per heavy atom. The monoisotopic (exact) mass is 411 g/mol. The molecule has 3 rings (SSSR count). The number of rotatable bonds is 8. The zero-order chi connectivity index (χ0) is 21.5. The largest absolute Gasteiger partial charge is 0.494 e. The molecule has 0 heterocycles. The number of ether oxygens (including phenoxy) is 2.